The van der Waals surface area contributed by atoms with Crippen LogP contribution in [0.4, 0.5) is 5.13 Å². The highest BCUT2D eigenvalue weighted by Crippen LogP contribution is 2.25. The minimum absolute atomic E-state index is 0.0941. The summed E-state index contributed by atoms with van der Waals surface area (Å²) < 4.78 is 0.484. The standard InChI is InChI=1S/C8H7N5O3S2/c14-5(15)3-17-8-13-12-7(18-8)10-6(16)4-1-2-9-11-4/h1-2H,3H2,(H,9,11)(H,14,15)(H,10,12,16). The second-order valence-electron chi connectivity index (χ2n) is 2.98. The van der Waals surface area contributed by atoms with Crippen molar-refractivity contribution in [1.29, 1.82) is 0 Å². The number of anilines is 1. The first-order valence-electron chi connectivity index (χ1n) is 4.64. The topological polar surface area (TPSA) is 121 Å². The third kappa shape index (κ3) is 3.28. The van der Waals surface area contributed by atoms with Gasteiger partial charge in [-0.1, -0.05) is 23.1 Å². The lowest BCUT2D eigenvalue weighted by atomic mass is 10.4. The first kappa shape index (κ1) is 12.5. The van der Waals surface area contributed by atoms with E-state index >= 15 is 0 Å². The number of hydrogen-bond acceptors (Lipinski definition) is 7. The van der Waals surface area contributed by atoms with Crippen molar-refractivity contribution in [3.8, 4) is 0 Å². The van der Waals surface area contributed by atoms with Gasteiger partial charge < -0.3 is 5.11 Å². The van der Waals surface area contributed by atoms with Crippen molar-refractivity contribution in [3.05, 3.63) is 18.0 Å². The Kier molecular flexibility index (Phi) is 3.89. The molecule has 0 radical (unpaired) electrons. The van der Waals surface area contributed by atoms with Crippen LogP contribution in [0.15, 0.2) is 16.6 Å². The van der Waals surface area contributed by atoms with E-state index in [4.69, 9.17) is 5.11 Å². The number of amides is 1. The maximum absolute atomic E-state index is 11.6. The van der Waals surface area contributed by atoms with Gasteiger partial charge in [0, 0.05) is 6.20 Å². The number of rotatable bonds is 5. The molecule has 1 amide bonds. The highest BCUT2D eigenvalue weighted by molar-refractivity contribution is 8.01. The van der Waals surface area contributed by atoms with Crippen molar-refractivity contribution in [1.82, 2.24) is 20.4 Å². The summed E-state index contributed by atoms with van der Waals surface area (Å²) in [6.07, 6.45) is 1.46. The number of carbonyl (C=O) groups is 2. The molecule has 3 N–H and O–H groups in total. The van der Waals surface area contributed by atoms with Gasteiger partial charge in [0.15, 0.2) is 4.34 Å². The van der Waals surface area contributed by atoms with Gasteiger partial charge in [-0.15, -0.1) is 10.2 Å². The van der Waals surface area contributed by atoms with Gasteiger partial charge in [-0.05, 0) is 6.07 Å². The Hall–Kier alpha value is -1.94. The van der Waals surface area contributed by atoms with Crippen molar-refractivity contribution in [3.63, 3.8) is 0 Å². The molecule has 0 aromatic carbocycles. The average molecular weight is 285 g/mol. The first-order valence-corrected chi connectivity index (χ1v) is 6.44. The number of nitrogens with one attached hydrogen (secondary N) is 2. The zero-order valence-electron chi connectivity index (χ0n) is 8.78. The molecule has 0 aliphatic carbocycles. The van der Waals surface area contributed by atoms with E-state index in [1.807, 2.05) is 0 Å². The Morgan fingerprint density at radius 3 is 3.00 bits per heavy atom. The molecule has 8 nitrogen and oxygen atoms in total. The minimum Gasteiger partial charge on any atom is -0.481 e. The van der Waals surface area contributed by atoms with Crippen LogP contribution in [-0.2, 0) is 4.79 Å². The van der Waals surface area contributed by atoms with E-state index in [2.05, 4.69) is 25.7 Å². The Balaban J connectivity index is 1.94. The third-order valence-corrected chi connectivity index (χ3v) is 3.65. The number of carbonyl (C=O) groups excluding carboxylic acids is 1. The second kappa shape index (κ2) is 5.60. The van der Waals surface area contributed by atoms with Gasteiger partial charge in [-0.2, -0.15) is 5.10 Å². The van der Waals surface area contributed by atoms with Crippen LogP contribution in [0.2, 0.25) is 0 Å². The first-order chi connectivity index (χ1) is 8.65. The smallest absolute Gasteiger partial charge is 0.313 e. The van der Waals surface area contributed by atoms with Crippen LogP contribution < -0.4 is 5.32 Å². The highest BCUT2D eigenvalue weighted by atomic mass is 32.2. The number of H-pyrrole nitrogens is 1. The van der Waals surface area contributed by atoms with E-state index in [9.17, 15) is 9.59 Å². The maximum Gasteiger partial charge on any atom is 0.313 e. The van der Waals surface area contributed by atoms with Crippen molar-refractivity contribution >= 4 is 40.1 Å². The quantitative estimate of drug-likeness (QED) is 0.546. The fourth-order valence-electron chi connectivity index (χ4n) is 0.989. The molecule has 0 fully saturated rings. The summed E-state index contributed by atoms with van der Waals surface area (Å²) >= 11 is 2.16. The Morgan fingerprint density at radius 1 is 1.50 bits per heavy atom. The summed E-state index contributed by atoms with van der Waals surface area (Å²) in [7, 11) is 0. The molecule has 10 heteroatoms. The van der Waals surface area contributed by atoms with Crippen molar-refractivity contribution < 1.29 is 14.7 Å². The molecule has 2 heterocycles. The van der Waals surface area contributed by atoms with Crippen molar-refractivity contribution in [2.75, 3.05) is 11.1 Å². The highest BCUT2D eigenvalue weighted by Gasteiger charge is 2.11. The molecule has 0 saturated carbocycles. The van der Waals surface area contributed by atoms with E-state index in [1.165, 1.54) is 12.3 Å². The summed E-state index contributed by atoms with van der Waals surface area (Å²) in [4.78, 5) is 22.0. The number of hydrogen-bond donors (Lipinski definition) is 3. The molecule has 94 valence electrons. The number of aromatic nitrogens is 4. The summed E-state index contributed by atoms with van der Waals surface area (Å²) in [5.41, 5.74) is 0.310. The zero-order chi connectivity index (χ0) is 13.0. The summed E-state index contributed by atoms with van der Waals surface area (Å²) in [5, 5.41) is 25.0. The Morgan fingerprint density at radius 2 is 2.33 bits per heavy atom. The summed E-state index contributed by atoms with van der Waals surface area (Å²) in [6.45, 7) is 0. The van der Waals surface area contributed by atoms with E-state index in [0.29, 0.717) is 15.2 Å². The summed E-state index contributed by atoms with van der Waals surface area (Å²) in [5.74, 6) is -1.40. The number of carboxylic acids is 1. The Bertz CT molecular complexity index is 553. The van der Waals surface area contributed by atoms with Crippen LogP contribution in [0.3, 0.4) is 0 Å². The molecular formula is C8H7N5O3S2. The normalized spacial score (nSPS) is 10.2. The monoisotopic (exact) mass is 285 g/mol. The average Bonchev–Trinajstić information content (AvgIpc) is 2.97. The van der Waals surface area contributed by atoms with Crippen LogP contribution in [0.5, 0.6) is 0 Å². The lowest BCUT2D eigenvalue weighted by molar-refractivity contribution is -0.133. The lowest BCUT2D eigenvalue weighted by Crippen LogP contribution is -2.12. The van der Waals surface area contributed by atoms with Gasteiger partial charge in [0.05, 0.1) is 5.75 Å². The van der Waals surface area contributed by atoms with Gasteiger partial charge in [0.1, 0.15) is 5.69 Å². The van der Waals surface area contributed by atoms with Gasteiger partial charge in [0.25, 0.3) is 5.91 Å². The maximum atomic E-state index is 11.6. The molecule has 0 atom stereocenters. The number of nitrogens with zero attached hydrogens (tertiary/aromatic N) is 3. The number of thioether (sulfide) groups is 1. The predicted molar refractivity (Wildman–Crippen MR) is 64.8 cm³/mol. The van der Waals surface area contributed by atoms with Gasteiger partial charge >= 0.3 is 5.97 Å². The van der Waals surface area contributed by atoms with Crippen LogP contribution in [0.1, 0.15) is 10.5 Å². The van der Waals surface area contributed by atoms with E-state index in [1.54, 1.807) is 0 Å². The van der Waals surface area contributed by atoms with Crippen LogP contribution in [-0.4, -0.2) is 43.1 Å². The molecule has 18 heavy (non-hydrogen) atoms. The van der Waals surface area contributed by atoms with Gasteiger partial charge in [-0.3, -0.25) is 20.0 Å². The fraction of sp³-hybridized carbons (Fsp3) is 0.125. The molecule has 0 bridgehead atoms. The van der Waals surface area contributed by atoms with E-state index in [0.717, 1.165) is 23.1 Å². The summed E-state index contributed by atoms with van der Waals surface area (Å²) in [6, 6.07) is 1.52. The number of carboxylic acid groups (broad SMARTS) is 1. The predicted octanol–water partition coefficient (Wildman–Crippen LogP) is 0.690. The van der Waals surface area contributed by atoms with Crippen molar-refractivity contribution in [2.24, 2.45) is 0 Å². The number of aliphatic carboxylic acids is 1. The fourth-order valence-corrected chi connectivity index (χ4v) is 2.46. The molecule has 2 aromatic heterocycles. The van der Waals surface area contributed by atoms with Crippen LogP contribution >= 0.6 is 23.1 Å². The number of aromatic amines is 1. The van der Waals surface area contributed by atoms with Crippen LogP contribution in [0, 0.1) is 0 Å². The zero-order valence-corrected chi connectivity index (χ0v) is 10.4. The molecule has 0 aliphatic rings. The second-order valence-corrected chi connectivity index (χ2v) is 5.18. The SMILES string of the molecule is O=C(O)CSc1nnc(NC(=O)c2ccn[nH]2)s1. The third-order valence-electron chi connectivity index (χ3n) is 1.69. The van der Waals surface area contributed by atoms with E-state index in [-0.39, 0.29) is 11.7 Å². The molecule has 2 aromatic rings. The molecule has 2 rings (SSSR count). The van der Waals surface area contributed by atoms with Crippen LogP contribution in [0.25, 0.3) is 0 Å². The van der Waals surface area contributed by atoms with Crippen molar-refractivity contribution in [2.45, 2.75) is 4.34 Å². The molecule has 0 spiro atoms. The van der Waals surface area contributed by atoms with Gasteiger partial charge in [0.2, 0.25) is 5.13 Å². The molecule has 0 unspecified atom stereocenters. The minimum atomic E-state index is -0.932. The molecular weight excluding hydrogens is 278 g/mol. The molecule has 0 aliphatic heterocycles. The lowest BCUT2D eigenvalue weighted by Gasteiger charge is -1.96. The Labute approximate surface area is 109 Å². The molecule has 0 saturated heterocycles. The van der Waals surface area contributed by atoms with E-state index < -0.39 is 5.97 Å². The van der Waals surface area contributed by atoms with Gasteiger partial charge in [-0.25, -0.2) is 0 Å². The largest absolute Gasteiger partial charge is 0.481 e.